The molecule has 0 saturated carbocycles. The Morgan fingerprint density at radius 3 is 2.53 bits per heavy atom. The van der Waals surface area contributed by atoms with E-state index >= 15 is 0 Å². The van der Waals surface area contributed by atoms with Gasteiger partial charge in [0, 0.05) is 43.2 Å². The molecule has 1 aliphatic rings. The molecule has 0 radical (unpaired) electrons. The van der Waals surface area contributed by atoms with Gasteiger partial charge in [0.25, 0.3) is 0 Å². The molecule has 0 bridgehead atoms. The molecule has 0 spiro atoms. The Kier molecular flexibility index (Phi) is 5.08. The summed E-state index contributed by atoms with van der Waals surface area (Å²) in [6, 6.07) is 4.16. The van der Waals surface area contributed by atoms with Gasteiger partial charge >= 0.3 is 0 Å². The third-order valence-corrected chi connectivity index (χ3v) is 7.95. The van der Waals surface area contributed by atoms with E-state index < -0.39 is 0 Å². The molecule has 4 aromatic rings. The van der Waals surface area contributed by atoms with Crippen LogP contribution in [0, 0.1) is 27.7 Å². The maximum Gasteiger partial charge on any atom is 0.173 e. The second-order valence-corrected chi connectivity index (χ2v) is 10.0. The maximum atomic E-state index is 5.34. The summed E-state index contributed by atoms with van der Waals surface area (Å²) >= 11 is 3.47. The van der Waals surface area contributed by atoms with Gasteiger partial charge in [-0.15, -0.1) is 22.7 Å². The van der Waals surface area contributed by atoms with E-state index in [0.29, 0.717) is 0 Å². The Hall–Kier alpha value is -2.29. The highest BCUT2D eigenvalue weighted by atomic mass is 32.1. The zero-order valence-corrected chi connectivity index (χ0v) is 19.4. The quantitative estimate of drug-likeness (QED) is 0.448. The highest BCUT2D eigenvalue weighted by Gasteiger charge is 2.25. The molecule has 30 heavy (non-hydrogen) atoms. The first kappa shape index (κ1) is 19.7. The summed E-state index contributed by atoms with van der Waals surface area (Å²) in [6.07, 6.45) is 0. The van der Waals surface area contributed by atoms with Crippen molar-refractivity contribution in [3.63, 3.8) is 0 Å². The zero-order chi connectivity index (χ0) is 20.8. The molecule has 1 aliphatic heterocycles. The number of fused-ring (bicyclic) bond motifs is 1. The van der Waals surface area contributed by atoms with Gasteiger partial charge in [-0.1, -0.05) is 11.2 Å². The van der Waals surface area contributed by atoms with Gasteiger partial charge in [-0.05, 0) is 44.7 Å². The second kappa shape index (κ2) is 7.76. The van der Waals surface area contributed by atoms with Crippen molar-refractivity contribution in [2.45, 2.75) is 34.2 Å². The first-order valence-corrected chi connectivity index (χ1v) is 11.9. The van der Waals surface area contributed by atoms with Crippen LogP contribution < -0.4 is 4.90 Å². The lowest BCUT2D eigenvalue weighted by molar-refractivity contribution is 0.247. The molecule has 5 rings (SSSR count). The van der Waals surface area contributed by atoms with Crippen molar-refractivity contribution in [3.05, 3.63) is 45.0 Å². The Balaban J connectivity index is 1.43. The summed E-state index contributed by atoms with van der Waals surface area (Å²) in [5.74, 6) is 2.85. The van der Waals surface area contributed by atoms with Crippen LogP contribution in [0.3, 0.4) is 0 Å². The standard InChI is InChI=1S/C22H25N5OS2/c1-13-16(4)30-22-19(13)21(23-20(24-22)18-6-5-11-29-18)27-9-7-26(8-10-27)12-17-14(2)25-28-15(17)3/h5-6,11H,7-10,12H2,1-4H3. The summed E-state index contributed by atoms with van der Waals surface area (Å²) in [5.41, 5.74) is 3.52. The molecule has 0 unspecified atom stereocenters. The van der Waals surface area contributed by atoms with Gasteiger partial charge in [0.05, 0.1) is 16.0 Å². The first-order valence-electron chi connectivity index (χ1n) is 10.2. The van der Waals surface area contributed by atoms with Crippen LogP contribution in [0.2, 0.25) is 0 Å². The van der Waals surface area contributed by atoms with Gasteiger partial charge in [-0.25, -0.2) is 9.97 Å². The monoisotopic (exact) mass is 439 g/mol. The van der Waals surface area contributed by atoms with Crippen molar-refractivity contribution in [2.24, 2.45) is 0 Å². The predicted molar refractivity (Wildman–Crippen MR) is 124 cm³/mol. The molecule has 0 atom stereocenters. The summed E-state index contributed by atoms with van der Waals surface area (Å²) < 4.78 is 5.34. The lowest BCUT2D eigenvalue weighted by Gasteiger charge is -2.35. The van der Waals surface area contributed by atoms with Crippen molar-refractivity contribution in [1.29, 1.82) is 0 Å². The van der Waals surface area contributed by atoms with Gasteiger partial charge in [-0.2, -0.15) is 0 Å². The molecular weight excluding hydrogens is 414 g/mol. The normalized spacial score (nSPS) is 15.4. The number of anilines is 1. The fraction of sp³-hybridized carbons (Fsp3) is 0.409. The Labute approximate surface area is 184 Å². The van der Waals surface area contributed by atoms with Crippen LogP contribution >= 0.6 is 22.7 Å². The number of hydrogen-bond donors (Lipinski definition) is 0. The lowest BCUT2D eigenvalue weighted by Crippen LogP contribution is -2.46. The maximum absolute atomic E-state index is 5.34. The Bertz CT molecular complexity index is 1170. The fourth-order valence-corrected chi connectivity index (χ4v) is 5.72. The molecule has 6 nitrogen and oxygen atoms in total. The minimum Gasteiger partial charge on any atom is -0.361 e. The topological polar surface area (TPSA) is 58.3 Å². The molecule has 0 aliphatic carbocycles. The Morgan fingerprint density at radius 1 is 1.07 bits per heavy atom. The van der Waals surface area contributed by atoms with E-state index in [1.165, 1.54) is 21.4 Å². The molecule has 1 fully saturated rings. The van der Waals surface area contributed by atoms with Gasteiger partial charge in [0.1, 0.15) is 16.4 Å². The van der Waals surface area contributed by atoms with E-state index in [9.17, 15) is 0 Å². The molecular formula is C22H25N5OS2. The summed E-state index contributed by atoms with van der Waals surface area (Å²) in [4.78, 5) is 18.4. The minimum absolute atomic E-state index is 0.840. The van der Waals surface area contributed by atoms with Crippen molar-refractivity contribution in [2.75, 3.05) is 31.1 Å². The van der Waals surface area contributed by atoms with Crippen LogP contribution in [0.1, 0.15) is 27.5 Å². The van der Waals surface area contributed by atoms with Gasteiger partial charge in [0.2, 0.25) is 0 Å². The molecule has 0 amide bonds. The van der Waals surface area contributed by atoms with E-state index in [4.69, 9.17) is 14.5 Å². The van der Waals surface area contributed by atoms with Gasteiger partial charge in [-0.3, -0.25) is 4.90 Å². The number of hydrogen-bond acceptors (Lipinski definition) is 8. The molecule has 8 heteroatoms. The van der Waals surface area contributed by atoms with Crippen molar-refractivity contribution < 1.29 is 4.52 Å². The number of aryl methyl sites for hydroxylation is 4. The van der Waals surface area contributed by atoms with Crippen LogP contribution in [0.4, 0.5) is 5.82 Å². The predicted octanol–water partition coefficient (Wildman–Crippen LogP) is 4.96. The first-order chi connectivity index (χ1) is 14.5. The third-order valence-electron chi connectivity index (χ3n) is 5.99. The van der Waals surface area contributed by atoms with Crippen LogP contribution in [0.5, 0.6) is 0 Å². The van der Waals surface area contributed by atoms with Crippen LogP contribution in [0.25, 0.3) is 20.9 Å². The van der Waals surface area contributed by atoms with Gasteiger partial charge < -0.3 is 9.42 Å². The Morgan fingerprint density at radius 2 is 1.87 bits per heavy atom. The van der Waals surface area contributed by atoms with Crippen molar-refractivity contribution in [3.8, 4) is 10.7 Å². The average molecular weight is 440 g/mol. The molecule has 4 aromatic heterocycles. The molecule has 1 saturated heterocycles. The summed E-state index contributed by atoms with van der Waals surface area (Å²) in [6.45, 7) is 13.2. The second-order valence-electron chi connectivity index (χ2n) is 7.88. The van der Waals surface area contributed by atoms with E-state index in [1.807, 2.05) is 13.8 Å². The molecule has 0 N–H and O–H groups in total. The van der Waals surface area contributed by atoms with Crippen molar-refractivity contribution in [1.82, 2.24) is 20.0 Å². The summed E-state index contributed by atoms with van der Waals surface area (Å²) in [5, 5.41) is 7.40. The van der Waals surface area contributed by atoms with Crippen molar-refractivity contribution >= 4 is 38.7 Å². The number of nitrogens with zero attached hydrogens (tertiary/aromatic N) is 5. The fourth-order valence-electron chi connectivity index (χ4n) is 4.04. The van der Waals surface area contributed by atoms with E-state index in [0.717, 1.165) is 65.5 Å². The molecule has 0 aromatic carbocycles. The van der Waals surface area contributed by atoms with Crippen LogP contribution in [-0.2, 0) is 6.54 Å². The SMILES string of the molecule is Cc1noc(C)c1CN1CCN(c2nc(-c3cccs3)nc3sc(C)c(C)c23)CC1. The van der Waals surface area contributed by atoms with E-state index in [1.54, 1.807) is 22.7 Å². The van der Waals surface area contributed by atoms with Crippen LogP contribution in [0.15, 0.2) is 22.0 Å². The molecule has 5 heterocycles. The average Bonchev–Trinajstić information content (AvgIpc) is 3.45. The number of piperazine rings is 1. The van der Waals surface area contributed by atoms with Crippen LogP contribution in [-0.4, -0.2) is 46.2 Å². The number of thiophene rings is 2. The number of rotatable bonds is 4. The third kappa shape index (κ3) is 3.42. The van der Waals surface area contributed by atoms with E-state index in [2.05, 4.69) is 46.3 Å². The minimum atomic E-state index is 0.840. The zero-order valence-electron chi connectivity index (χ0n) is 17.7. The van der Waals surface area contributed by atoms with E-state index in [-0.39, 0.29) is 0 Å². The molecule has 156 valence electrons. The van der Waals surface area contributed by atoms with Gasteiger partial charge in [0.15, 0.2) is 5.82 Å². The summed E-state index contributed by atoms with van der Waals surface area (Å²) in [7, 11) is 0. The highest BCUT2D eigenvalue weighted by Crippen LogP contribution is 2.37. The lowest BCUT2D eigenvalue weighted by atomic mass is 10.1. The smallest absolute Gasteiger partial charge is 0.173 e. The highest BCUT2D eigenvalue weighted by molar-refractivity contribution is 7.19. The largest absolute Gasteiger partial charge is 0.361 e. The number of aromatic nitrogens is 3.